The molecule has 196 valence electrons. The second-order valence-electron chi connectivity index (χ2n) is 10.2. The molecule has 2 heterocycles. The van der Waals surface area contributed by atoms with E-state index in [2.05, 4.69) is 27.3 Å². The third-order valence-corrected chi connectivity index (χ3v) is 6.35. The van der Waals surface area contributed by atoms with Crippen LogP contribution in [0.2, 0.25) is 0 Å². The zero-order valence-corrected chi connectivity index (χ0v) is 21.9. The van der Waals surface area contributed by atoms with Crippen molar-refractivity contribution in [3.63, 3.8) is 0 Å². The highest BCUT2D eigenvalue weighted by Gasteiger charge is 2.28. The number of amides is 2. The molecule has 2 aromatic heterocycles. The molecule has 4 rings (SSSR count). The molecule has 2 amide bonds. The van der Waals surface area contributed by atoms with Gasteiger partial charge in [-0.05, 0) is 63.6 Å². The summed E-state index contributed by atoms with van der Waals surface area (Å²) in [7, 11) is 0. The number of nitrogens with zero attached hydrogens (tertiary/aromatic N) is 3. The summed E-state index contributed by atoms with van der Waals surface area (Å²) in [5, 5.41) is 20.9. The van der Waals surface area contributed by atoms with Gasteiger partial charge in [-0.1, -0.05) is 32.6 Å². The van der Waals surface area contributed by atoms with Crippen LogP contribution in [0.5, 0.6) is 0 Å². The number of benzene rings is 1. The van der Waals surface area contributed by atoms with Gasteiger partial charge in [0.25, 0.3) is 11.8 Å². The standard InChI is InChI=1S/C28H35N5O4/c1-6-21(7-2)31-26(35)24-15-29-27(37-24)20-10-8-9-19(13-20)22-14-23(33(32-22)16-28(4,5)36)25(34)30-17(3)18-11-12-18/h8-10,13-15,18,21,36H,3,6-7,11-12,16H2,1-2,4-5H3,(H,30,34)(H,31,35). The number of carbonyl (C=O) groups is 2. The van der Waals surface area contributed by atoms with E-state index in [0.717, 1.165) is 31.2 Å². The lowest BCUT2D eigenvalue weighted by atomic mass is 10.1. The number of rotatable bonds is 11. The quantitative estimate of drug-likeness (QED) is 0.351. The van der Waals surface area contributed by atoms with Gasteiger partial charge in [0.1, 0.15) is 5.69 Å². The second-order valence-corrected chi connectivity index (χ2v) is 10.2. The normalized spacial score (nSPS) is 13.6. The van der Waals surface area contributed by atoms with Gasteiger partial charge in [0.15, 0.2) is 0 Å². The fourth-order valence-electron chi connectivity index (χ4n) is 4.04. The minimum atomic E-state index is -1.07. The maximum absolute atomic E-state index is 13.0. The molecule has 3 aromatic rings. The number of hydrogen-bond acceptors (Lipinski definition) is 6. The number of carbonyl (C=O) groups excluding carboxylic acids is 2. The molecule has 0 bridgehead atoms. The van der Waals surface area contributed by atoms with Crippen LogP contribution >= 0.6 is 0 Å². The Morgan fingerprint density at radius 1 is 1.19 bits per heavy atom. The Kier molecular flexibility index (Phi) is 7.63. The van der Waals surface area contributed by atoms with E-state index >= 15 is 0 Å². The van der Waals surface area contributed by atoms with E-state index in [-0.39, 0.29) is 30.2 Å². The third-order valence-electron chi connectivity index (χ3n) is 6.35. The zero-order chi connectivity index (χ0) is 26.7. The fraction of sp³-hybridized carbons (Fsp3) is 0.429. The monoisotopic (exact) mass is 505 g/mol. The average molecular weight is 506 g/mol. The van der Waals surface area contributed by atoms with E-state index in [1.165, 1.54) is 10.9 Å². The molecule has 9 nitrogen and oxygen atoms in total. The van der Waals surface area contributed by atoms with Crippen molar-refractivity contribution in [2.24, 2.45) is 5.92 Å². The molecule has 1 aliphatic rings. The van der Waals surface area contributed by atoms with Crippen LogP contribution in [0.15, 0.2) is 53.2 Å². The molecule has 3 N–H and O–H groups in total. The van der Waals surface area contributed by atoms with Crippen molar-refractivity contribution >= 4 is 11.8 Å². The Morgan fingerprint density at radius 3 is 2.54 bits per heavy atom. The van der Waals surface area contributed by atoms with Crippen LogP contribution in [-0.2, 0) is 6.54 Å². The first-order valence-corrected chi connectivity index (χ1v) is 12.8. The molecule has 0 spiro atoms. The van der Waals surface area contributed by atoms with E-state index in [0.29, 0.717) is 34.5 Å². The van der Waals surface area contributed by atoms with Crippen LogP contribution in [0, 0.1) is 5.92 Å². The second kappa shape index (κ2) is 10.7. The molecule has 9 heteroatoms. The fourth-order valence-corrected chi connectivity index (χ4v) is 4.04. The van der Waals surface area contributed by atoms with Gasteiger partial charge in [-0.25, -0.2) is 4.98 Å². The van der Waals surface area contributed by atoms with Gasteiger partial charge in [-0.3, -0.25) is 14.3 Å². The molecule has 0 radical (unpaired) electrons. The maximum Gasteiger partial charge on any atom is 0.288 e. The maximum atomic E-state index is 13.0. The Hall–Kier alpha value is -3.72. The van der Waals surface area contributed by atoms with Crippen molar-refractivity contribution in [2.45, 2.75) is 71.6 Å². The topological polar surface area (TPSA) is 122 Å². The summed E-state index contributed by atoms with van der Waals surface area (Å²) in [6, 6.07) is 9.16. The van der Waals surface area contributed by atoms with E-state index in [9.17, 15) is 14.7 Å². The van der Waals surface area contributed by atoms with Crippen LogP contribution in [0.3, 0.4) is 0 Å². The molecule has 0 unspecified atom stereocenters. The molecule has 37 heavy (non-hydrogen) atoms. The number of aliphatic hydroxyl groups is 1. The molecule has 1 saturated carbocycles. The summed E-state index contributed by atoms with van der Waals surface area (Å²) >= 11 is 0. The molecule has 1 fully saturated rings. The number of nitrogens with one attached hydrogen (secondary N) is 2. The summed E-state index contributed by atoms with van der Waals surface area (Å²) in [6.45, 7) is 11.5. The number of allylic oxidation sites excluding steroid dienone is 1. The van der Waals surface area contributed by atoms with Crippen LogP contribution in [0.4, 0.5) is 0 Å². The predicted octanol–water partition coefficient (Wildman–Crippen LogP) is 4.55. The van der Waals surface area contributed by atoms with Crippen molar-refractivity contribution in [3.8, 4) is 22.7 Å². The lowest BCUT2D eigenvalue weighted by Gasteiger charge is -2.18. The summed E-state index contributed by atoms with van der Waals surface area (Å²) in [5.74, 6) is 0.186. The summed E-state index contributed by atoms with van der Waals surface area (Å²) in [4.78, 5) is 29.9. The van der Waals surface area contributed by atoms with Crippen molar-refractivity contribution < 1.29 is 19.1 Å². The molecular weight excluding hydrogens is 470 g/mol. The highest BCUT2D eigenvalue weighted by Crippen LogP contribution is 2.34. The third kappa shape index (κ3) is 6.54. The first-order chi connectivity index (χ1) is 17.6. The van der Waals surface area contributed by atoms with Gasteiger partial charge in [-0.2, -0.15) is 5.10 Å². The SMILES string of the molecule is C=C(NC(=O)c1cc(-c2cccc(-c3ncc(C(=O)NC(CC)CC)o3)c2)nn1CC(C)(C)O)C1CC1. The Bertz CT molecular complexity index is 1290. The van der Waals surface area contributed by atoms with Crippen molar-refractivity contribution in [1.82, 2.24) is 25.4 Å². The van der Waals surface area contributed by atoms with Crippen molar-refractivity contribution in [1.29, 1.82) is 0 Å². The number of hydrogen-bond donors (Lipinski definition) is 3. The summed E-state index contributed by atoms with van der Waals surface area (Å²) in [6.07, 6.45) is 5.15. The zero-order valence-electron chi connectivity index (χ0n) is 21.9. The van der Waals surface area contributed by atoms with Gasteiger partial charge in [-0.15, -0.1) is 0 Å². The first kappa shape index (κ1) is 26.3. The molecule has 1 aromatic carbocycles. The van der Waals surface area contributed by atoms with Crippen molar-refractivity contribution in [2.75, 3.05) is 0 Å². The lowest BCUT2D eigenvalue weighted by molar-refractivity contribution is 0.0564. The smallest absolute Gasteiger partial charge is 0.288 e. The molecule has 0 saturated heterocycles. The molecule has 1 aliphatic carbocycles. The van der Waals surface area contributed by atoms with Crippen LogP contribution < -0.4 is 10.6 Å². The average Bonchev–Trinajstić information content (AvgIpc) is 3.45. The number of aromatic nitrogens is 3. The summed E-state index contributed by atoms with van der Waals surface area (Å²) in [5.41, 5.74) is 1.94. The van der Waals surface area contributed by atoms with Gasteiger partial charge in [0.2, 0.25) is 11.7 Å². The summed E-state index contributed by atoms with van der Waals surface area (Å²) < 4.78 is 7.28. The van der Waals surface area contributed by atoms with Crippen LogP contribution in [-0.4, -0.2) is 43.3 Å². The molecular formula is C28H35N5O4. The van der Waals surface area contributed by atoms with Crippen LogP contribution in [0.25, 0.3) is 22.7 Å². The van der Waals surface area contributed by atoms with E-state index in [4.69, 9.17) is 4.42 Å². The van der Waals surface area contributed by atoms with Crippen molar-refractivity contribution in [3.05, 3.63) is 60.3 Å². The highest BCUT2D eigenvalue weighted by atomic mass is 16.4. The largest absolute Gasteiger partial charge is 0.431 e. The molecule has 0 aliphatic heterocycles. The van der Waals surface area contributed by atoms with E-state index < -0.39 is 5.60 Å². The Morgan fingerprint density at radius 2 is 1.89 bits per heavy atom. The first-order valence-electron chi connectivity index (χ1n) is 12.8. The minimum Gasteiger partial charge on any atom is -0.431 e. The van der Waals surface area contributed by atoms with E-state index in [1.54, 1.807) is 19.9 Å². The predicted molar refractivity (Wildman–Crippen MR) is 141 cm³/mol. The lowest BCUT2D eigenvalue weighted by Crippen LogP contribution is -2.33. The Balaban J connectivity index is 1.60. The van der Waals surface area contributed by atoms with Crippen LogP contribution in [0.1, 0.15) is 74.4 Å². The Labute approximate surface area is 217 Å². The van der Waals surface area contributed by atoms with Gasteiger partial charge in [0.05, 0.1) is 24.0 Å². The minimum absolute atomic E-state index is 0.0798. The van der Waals surface area contributed by atoms with E-state index in [1.807, 2.05) is 38.1 Å². The highest BCUT2D eigenvalue weighted by molar-refractivity contribution is 5.95. The number of oxazole rings is 1. The molecule has 0 atom stereocenters. The van der Waals surface area contributed by atoms with Gasteiger partial charge >= 0.3 is 0 Å². The van der Waals surface area contributed by atoms with Gasteiger partial charge < -0.3 is 20.2 Å². The van der Waals surface area contributed by atoms with Gasteiger partial charge in [0, 0.05) is 22.9 Å².